The van der Waals surface area contributed by atoms with Crippen molar-refractivity contribution in [1.82, 2.24) is 0 Å². The second-order valence-corrected chi connectivity index (χ2v) is 4.39. The van der Waals surface area contributed by atoms with Crippen molar-refractivity contribution in [2.45, 2.75) is 26.7 Å². The summed E-state index contributed by atoms with van der Waals surface area (Å²) in [5.41, 5.74) is 3.91. The van der Waals surface area contributed by atoms with Gasteiger partial charge in [0, 0.05) is 11.1 Å². The van der Waals surface area contributed by atoms with E-state index in [-0.39, 0.29) is 0 Å². The number of hydrogen-bond acceptors (Lipinski definition) is 2. The zero-order valence-corrected chi connectivity index (χ0v) is 12.0. The van der Waals surface area contributed by atoms with Gasteiger partial charge in [0.25, 0.3) is 0 Å². The third kappa shape index (κ3) is 4.81. The molecule has 0 bridgehead atoms. The van der Waals surface area contributed by atoms with Crippen LogP contribution in [0.4, 0.5) is 0 Å². The zero-order chi connectivity index (χ0) is 14.8. The third-order valence-electron chi connectivity index (χ3n) is 3.06. The van der Waals surface area contributed by atoms with Crippen LogP contribution in [0.5, 0.6) is 0 Å². The smallest absolute Gasteiger partial charge is 0.150 e. The number of benzene rings is 2. The van der Waals surface area contributed by atoms with E-state index in [1.54, 1.807) is 0 Å². The Balaban J connectivity index is 0.000000200. The van der Waals surface area contributed by atoms with Crippen LogP contribution in [0.1, 0.15) is 45.7 Å². The van der Waals surface area contributed by atoms with Gasteiger partial charge in [0.2, 0.25) is 0 Å². The van der Waals surface area contributed by atoms with Crippen LogP contribution in [0.3, 0.4) is 0 Å². The number of carbonyl (C=O) groups excluding carboxylic acids is 2. The standard InChI is InChI=1S/2C9H10O/c1-2-8-4-3-5-9(6-8)7-10;1-2-8-5-3-4-6-9(8)7-10/h2*3-7H,2H2,1H3. The van der Waals surface area contributed by atoms with Gasteiger partial charge in [0.15, 0.2) is 0 Å². The first-order chi connectivity index (χ1) is 9.74. The summed E-state index contributed by atoms with van der Waals surface area (Å²) >= 11 is 0. The fourth-order valence-electron chi connectivity index (χ4n) is 1.86. The molecule has 0 aliphatic rings. The first-order valence-electron chi connectivity index (χ1n) is 6.82. The van der Waals surface area contributed by atoms with Crippen LogP contribution in [-0.2, 0) is 12.8 Å². The second-order valence-electron chi connectivity index (χ2n) is 4.39. The van der Waals surface area contributed by atoms with Crippen LogP contribution in [0, 0.1) is 0 Å². The predicted molar refractivity (Wildman–Crippen MR) is 82.4 cm³/mol. The molecule has 0 aliphatic heterocycles. The maximum absolute atomic E-state index is 10.4. The van der Waals surface area contributed by atoms with Crippen LogP contribution < -0.4 is 0 Å². The summed E-state index contributed by atoms with van der Waals surface area (Å²) in [7, 11) is 0. The Morgan fingerprint density at radius 1 is 0.850 bits per heavy atom. The van der Waals surface area contributed by atoms with Crippen LogP contribution in [-0.4, -0.2) is 12.6 Å². The van der Waals surface area contributed by atoms with Crippen LogP contribution in [0.2, 0.25) is 0 Å². The molecule has 0 spiro atoms. The lowest BCUT2D eigenvalue weighted by Gasteiger charge is -1.97. The molecule has 0 saturated carbocycles. The molecule has 2 aromatic rings. The maximum Gasteiger partial charge on any atom is 0.150 e. The van der Waals surface area contributed by atoms with E-state index in [1.165, 1.54) is 5.56 Å². The third-order valence-corrected chi connectivity index (χ3v) is 3.06. The molecule has 0 aliphatic carbocycles. The predicted octanol–water partition coefficient (Wildman–Crippen LogP) is 4.12. The molecular weight excluding hydrogens is 248 g/mol. The number of aryl methyl sites for hydroxylation is 2. The van der Waals surface area contributed by atoms with E-state index in [9.17, 15) is 9.59 Å². The Hall–Kier alpha value is -2.22. The number of aldehydes is 2. The highest BCUT2D eigenvalue weighted by Crippen LogP contribution is 2.05. The van der Waals surface area contributed by atoms with Gasteiger partial charge < -0.3 is 0 Å². The van der Waals surface area contributed by atoms with Crippen molar-refractivity contribution in [3.05, 3.63) is 70.8 Å². The molecule has 0 atom stereocenters. The minimum Gasteiger partial charge on any atom is -0.298 e. The lowest BCUT2D eigenvalue weighted by Crippen LogP contribution is -1.88. The van der Waals surface area contributed by atoms with Crippen molar-refractivity contribution in [3.8, 4) is 0 Å². The van der Waals surface area contributed by atoms with E-state index in [2.05, 4.69) is 6.92 Å². The zero-order valence-electron chi connectivity index (χ0n) is 12.0. The van der Waals surface area contributed by atoms with E-state index < -0.39 is 0 Å². The Morgan fingerprint density at radius 2 is 1.60 bits per heavy atom. The molecule has 0 aromatic heterocycles. The topological polar surface area (TPSA) is 34.1 Å². The molecule has 2 rings (SSSR count). The van der Waals surface area contributed by atoms with Crippen LogP contribution >= 0.6 is 0 Å². The first-order valence-corrected chi connectivity index (χ1v) is 6.82. The van der Waals surface area contributed by atoms with Crippen molar-refractivity contribution < 1.29 is 9.59 Å². The molecule has 0 amide bonds. The lowest BCUT2D eigenvalue weighted by molar-refractivity contribution is 0.111. The molecule has 0 radical (unpaired) electrons. The monoisotopic (exact) mass is 268 g/mol. The first kappa shape index (κ1) is 15.8. The normalized spacial score (nSPS) is 9.30. The highest BCUT2D eigenvalue weighted by Gasteiger charge is 1.94. The lowest BCUT2D eigenvalue weighted by atomic mass is 10.1. The van der Waals surface area contributed by atoms with Gasteiger partial charge in [-0.1, -0.05) is 56.3 Å². The summed E-state index contributed by atoms with van der Waals surface area (Å²) < 4.78 is 0. The average molecular weight is 268 g/mol. The van der Waals surface area contributed by atoms with Crippen molar-refractivity contribution in [1.29, 1.82) is 0 Å². The van der Waals surface area contributed by atoms with Gasteiger partial charge in [0.1, 0.15) is 12.6 Å². The van der Waals surface area contributed by atoms with Crippen molar-refractivity contribution in [3.63, 3.8) is 0 Å². The molecule has 0 saturated heterocycles. The summed E-state index contributed by atoms with van der Waals surface area (Å²) in [5.74, 6) is 0. The minimum absolute atomic E-state index is 0.763. The molecule has 2 nitrogen and oxygen atoms in total. The number of carbonyl (C=O) groups is 2. The highest BCUT2D eigenvalue weighted by molar-refractivity contribution is 5.77. The van der Waals surface area contributed by atoms with E-state index in [0.717, 1.165) is 42.1 Å². The van der Waals surface area contributed by atoms with Crippen molar-refractivity contribution in [2.24, 2.45) is 0 Å². The summed E-state index contributed by atoms with van der Waals surface area (Å²) in [6.45, 7) is 4.12. The van der Waals surface area contributed by atoms with Crippen molar-refractivity contribution in [2.75, 3.05) is 0 Å². The van der Waals surface area contributed by atoms with E-state index in [0.29, 0.717) is 0 Å². The van der Waals surface area contributed by atoms with E-state index in [1.807, 2.05) is 55.5 Å². The summed E-state index contributed by atoms with van der Waals surface area (Å²) in [6, 6.07) is 15.3. The van der Waals surface area contributed by atoms with Crippen LogP contribution in [0.15, 0.2) is 48.5 Å². The molecule has 104 valence electrons. The molecule has 20 heavy (non-hydrogen) atoms. The highest BCUT2D eigenvalue weighted by atomic mass is 16.1. The summed E-state index contributed by atoms with van der Waals surface area (Å²) in [6.07, 6.45) is 3.69. The van der Waals surface area contributed by atoms with Crippen molar-refractivity contribution >= 4 is 12.6 Å². The van der Waals surface area contributed by atoms with Gasteiger partial charge in [-0.25, -0.2) is 0 Å². The number of hydrogen-bond donors (Lipinski definition) is 0. The molecule has 0 N–H and O–H groups in total. The molecule has 2 aromatic carbocycles. The van der Waals surface area contributed by atoms with Crippen LogP contribution in [0.25, 0.3) is 0 Å². The molecule has 0 heterocycles. The Kier molecular flexibility index (Phi) is 6.97. The van der Waals surface area contributed by atoms with Gasteiger partial charge in [-0.05, 0) is 30.0 Å². The second kappa shape index (κ2) is 8.81. The Labute approximate surface area is 120 Å². The fraction of sp³-hybridized carbons (Fsp3) is 0.222. The maximum atomic E-state index is 10.4. The van der Waals surface area contributed by atoms with Gasteiger partial charge in [0.05, 0.1) is 0 Å². The van der Waals surface area contributed by atoms with E-state index in [4.69, 9.17) is 0 Å². The molecule has 0 unspecified atom stereocenters. The summed E-state index contributed by atoms with van der Waals surface area (Å²) in [4.78, 5) is 20.7. The Bertz CT molecular complexity index is 559. The quantitative estimate of drug-likeness (QED) is 0.781. The SMILES string of the molecule is CCc1cccc(C=O)c1.CCc1ccccc1C=O. The molecule has 0 fully saturated rings. The Morgan fingerprint density at radius 3 is 2.15 bits per heavy atom. The fourth-order valence-corrected chi connectivity index (χ4v) is 1.86. The minimum atomic E-state index is 0.763. The van der Waals surface area contributed by atoms with Gasteiger partial charge in [-0.2, -0.15) is 0 Å². The molecular formula is C18H20O2. The molecule has 2 heteroatoms. The van der Waals surface area contributed by atoms with E-state index >= 15 is 0 Å². The van der Waals surface area contributed by atoms with Gasteiger partial charge in [-0.15, -0.1) is 0 Å². The summed E-state index contributed by atoms with van der Waals surface area (Å²) in [5, 5.41) is 0. The van der Waals surface area contributed by atoms with Gasteiger partial charge >= 0.3 is 0 Å². The largest absolute Gasteiger partial charge is 0.298 e. The average Bonchev–Trinajstić information content (AvgIpc) is 2.55. The van der Waals surface area contributed by atoms with Gasteiger partial charge in [-0.3, -0.25) is 9.59 Å². The number of rotatable bonds is 4.